The Balaban J connectivity index is 1.61. The fourth-order valence-electron chi connectivity index (χ4n) is 4.72. The lowest BCUT2D eigenvalue weighted by molar-refractivity contribution is -0.120. The van der Waals surface area contributed by atoms with E-state index < -0.39 is 10.0 Å². The lowest BCUT2D eigenvalue weighted by atomic mass is 9.99. The normalized spacial score (nSPS) is 17.3. The van der Waals surface area contributed by atoms with Gasteiger partial charge in [0, 0.05) is 81.0 Å². The second-order valence-corrected chi connectivity index (χ2v) is 11.5. The largest absolute Gasteiger partial charge is 0.379 e. The van der Waals surface area contributed by atoms with Crippen LogP contribution in [0.1, 0.15) is 29.7 Å². The van der Waals surface area contributed by atoms with Crippen LogP contribution in [0.3, 0.4) is 0 Å². The Labute approximate surface area is 212 Å². The van der Waals surface area contributed by atoms with E-state index in [1.54, 1.807) is 7.05 Å². The van der Waals surface area contributed by atoms with Gasteiger partial charge in [0.05, 0.1) is 25.2 Å². The van der Waals surface area contributed by atoms with Gasteiger partial charge in [-0.05, 0) is 30.5 Å². The first-order chi connectivity index (χ1) is 16.8. The summed E-state index contributed by atoms with van der Waals surface area (Å²) in [6.45, 7) is 5.98. The topological polar surface area (TPSA) is 96.8 Å². The molecule has 1 saturated heterocycles. The van der Waals surface area contributed by atoms with E-state index in [1.807, 2.05) is 18.2 Å². The predicted octanol–water partition coefficient (Wildman–Crippen LogP) is 1.92. The van der Waals surface area contributed by atoms with E-state index in [1.165, 1.54) is 10.6 Å². The highest BCUT2D eigenvalue weighted by molar-refractivity contribution is 7.88. The van der Waals surface area contributed by atoms with Gasteiger partial charge in [-0.15, -0.1) is 0 Å². The van der Waals surface area contributed by atoms with E-state index in [9.17, 15) is 13.2 Å². The van der Waals surface area contributed by atoms with Crippen molar-refractivity contribution < 1.29 is 17.9 Å². The third-order valence-electron chi connectivity index (χ3n) is 6.74. The Bertz CT molecular complexity index is 1160. The summed E-state index contributed by atoms with van der Waals surface area (Å²) in [7, 11) is -1.70. The molecule has 0 spiro atoms. The molecule has 192 valence electrons. The summed E-state index contributed by atoms with van der Waals surface area (Å²) in [6, 6.07) is 5.73. The highest BCUT2D eigenvalue weighted by atomic mass is 35.5. The number of carbonyl (C=O) groups excluding carboxylic acids is 1. The van der Waals surface area contributed by atoms with Crippen molar-refractivity contribution in [1.29, 1.82) is 0 Å². The first kappa shape index (κ1) is 26.1. The van der Waals surface area contributed by atoms with Crippen LogP contribution in [0.4, 0.5) is 0 Å². The molecule has 4 rings (SSSR count). The van der Waals surface area contributed by atoms with Gasteiger partial charge in [-0.3, -0.25) is 14.4 Å². The number of aryl methyl sites for hydroxylation is 2. The maximum atomic E-state index is 12.3. The molecule has 3 heterocycles. The van der Waals surface area contributed by atoms with Crippen molar-refractivity contribution in [3.63, 3.8) is 0 Å². The second-order valence-electron chi connectivity index (χ2n) is 9.13. The zero-order chi connectivity index (χ0) is 25.0. The standard InChI is InChI=1S/C24H34ClN5O4S/c1-26-23(31)7-5-18-16-19(4-6-21(18)25)24-20-17-29(35(2,32)33)11-8-22(20)30(27-24)10-3-9-28-12-14-34-15-13-28/h4,6,16H,3,5,7-15,17H2,1-2H3,(H,26,31). The van der Waals surface area contributed by atoms with Gasteiger partial charge in [-0.25, -0.2) is 8.42 Å². The lowest BCUT2D eigenvalue weighted by Gasteiger charge is -2.27. The summed E-state index contributed by atoms with van der Waals surface area (Å²) >= 11 is 6.43. The number of amides is 1. The number of sulfonamides is 1. The van der Waals surface area contributed by atoms with Crippen LogP contribution in [-0.4, -0.2) is 86.0 Å². The molecule has 1 aromatic carbocycles. The molecule has 1 N–H and O–H groups in total. The highest BCUT2D eigenvalue weighted by Gasteiger charge is 2.30. The van der Waals surface area contributed by atoms with Crippen LogP contribution in [0.25, 0.3) is 11.3 Å². The van der Waals surface area contributed by atoms with Crippen molar-refractivity contribution in [2.75, 3.05) is 52.7 Å². The molecule has 35 heavy (non-hydrogen) atoms. The molecule has 0 radical (unpaired) electrons. The minimum absolute atomic E-state index is 0.0443. The molecule has 2 aliphatic rings. The molecule has 1 aromatic heterocycles. The molecule has 2 aliphatic heterocycles. The number of carbonyl (C=O) groups is 1. The Kier molecular flexibility index (Phi) is 8.49. The molecule has 2 aromatic rings. The number of halogens is 1. The van der Waals surface area contributed by atoms with Crippen LogP contribution in [-0.2, 0) is 45.5 Å². The first-order valence-electron chi connectivity index (χ1n) is 12.1. The van der Waals surface area contributed by atoms with Gasteiger partial charge in [0.25, 0.3) is 0 Å². The monoisotopic (exact) mass is 523 g/mol. The minimum Gasteiger partial charge on any atom is -0.379 e. The third kappa shape index (κ3) is 6.42. The van der Waals surface area contributed by atoms with Gasteiger partial charge in [-0.2, -0.15) is 9.40 Å². The number of nitrogens with zero attached hydrogens (tertiary/aromatic N) is 4. The van der Waals surface area contributed by atoms with Crippen molar-refractivity contribution in [2.24, 2.45) is 0 Å². The first-order valence-corrected chi connectivity index (χ1v) is 14.3. The smallest absolute Gasteiger partial charge is 0.220 e. The fraction of sp³-hybridized carbons (Fsp3) is 0.583. The summed E-state index contributed by atoms with van der Waals surface area (Å²) in [5.41, 5.74) is 4.60. The quantitative estimate of drug-likeness (QED) is 0.539. The van der Waals surface area contributed by atoms with Gasteiger partial charge in [0.15, 0.2) is 0 Å². The molecule has 11 heteroatoms. The molecule has 0 aliphatic carbocycles. The Morgan fingerprint density at radius 2 is 1.97 bits per heavy atom. The number of morpholine rings is 1. The average Bonchev–Trinajstić information content (AvgIpc) is 3.21. The molecule has 0 atom stereocenters. The summed E-state index contributed by atoms with van der Waals surface area (Å²) < 4.78 is 33.6. The number of hydrogen-bond donors (Lipinski definition) is 1. The van der Waals surface area contributed by atoms with Crippen LogP contribution in [0.2, 0.25) is 5.02 Å². The van der Waals surface area contributed by atoms with E-state index >= 15 is 0 Å². The van der Waals surface area contributed by atoms with E-state index in [2.05, 4.69) is 14.9 Å². The SMILES string of the molecule is CNC(=O)CCc1cc(-c2nn(CCCN3CCOCC3)c3c2CN(S(C)(=O)=O)CC3)ccc1Cl. The molecule has 1 amide bonds. The lowest BCUT2D eigenvalue weighted by Crippen LogP contribution is -2.37. The highest BCUT2D eigenvalue weighted by Crippen LogP contribution is 2.33. The fourth-order valence-corrected chi connectivity index (χ4v) is 5.72. The summed E-state index contributed by atoms with van der Waals surface area (Å²) in [4.78, 5) is 14.2. The zero-order valence-corrected chi connectivity index (χ0v) is 22.0. The van der Waals surface area contributed by atoms with E-state index in [0.717, 1.165) is 73.9 Å². The van der Waals surface area contributed by atoms with E-state index in [-0.39, 0.29) is 5.91 Å². The van der Waals surface area contributed by atoms with Crippen molar-refractivity contribution in [3.8, 4) is 11.3 Å². The molecule has 9 nitrogen and oxygen atoms in total. The van der Waals surface area contributed by atoms with Gasteiger partial charge >= 0.3 is 0 Å². The van der Waals surface area contributed by atoms with Crippen LogP contribution in [0.15, 0.2) is 18.2 Å². The second kappa shape index (κ2) is 11.4. The van der Waals surface area contributed by atoms with Gasteiger partial charge < -0.3 is 10.1 Å². The Hall–Kier alpha value is -1.98. The van der Waals surface area contributed by atoms with Crippen molar-refractivity contribution >= 4 is 27.5 Å². The third-order valence-corrected chi connectivity index (χ3v) is 8.35. The number of benzene rings is 1. The zero-order valence-electron chi connectivity index (χ0n) is 20.4. The van der Waals surface area contributed by atoms with Crippen LogP contribution >= 0.6 is 11.6 Å². The predicted molar refractivity (Wildman–Crippen MR) is 136 cm³/mol. The summed E-state index contributed by atoms with van der Waals surface area (Å²) in [5.74, 6) is -0.0443. The van der Waals surface area contributed by atoms with Gasteiger partial charge in [0.2, 0.25) is 15.9 Å². The van der Waals surface area contributed by atoms with Crippen LogP contribution in [0.5, 0.6) is 0 Å². The minimum atomic E-state index is -3.31. The number of aromatic nitrogens is 2. The number of fused-ring (bicyclic) bond motifs is 1. The van der Waals surface area contributed by atoms with E-state index in [4.69, 9.17) is 21.4 Å². The average molecular weight is 524 g/mol. The number of nitrogens with one attached hydrogen (secondary N) is 1. The molecule has 1 fully saturated rings. The summed E-state index contributed by atoms with van der Waals surface area (Å²) in [5, 5.41) is 8.22. The number of rotatable bonds is 9. The maximum absolute atomic E-state index is 12.3. The van der Waals surface area contributed by atoms with Crippen LogP contribution < -0.4 is 5.32 Å². The van der Waals surface area contributed by atoms with Crippen molar-refractivity contribution in [1.82, 2.24) is 24.3 Å². The van der Waals surface area contributed by atoms with Gasteiger partial charge in [-0.1, -0.05) is 17.7 Å². The number of ether oxygens (including phenoxy) is 1. The van der Waals surface area contributed by atoms with Crippen LogP contribution in [0, 0.1) is 0 Å². The van der Waals surface area contributed by atoms with Crippen molar-refractivity contribution in [2.45, 2.75) is 38.8 Å². The maximum Gasteiger partial charge on any atom is 0.220 e. The Morgan fingerprint density at radius 3 is 2.69 bits per heavy atom. The van der Waals surface area contributed by atoms with Crippen molar-refractivity contribution in [3.05, 3.63) is 40.0 Å². The Morgan fingerprint density at radius 1 is 1.20 bits per heavy atom. The molecule has 0 bridgehead atoms. The molecule has 0 saturated carbocycles. The molecular formula is C24H34ClN5O4S. The van der Waals surface area contributed by atoms with Gasteiger partial charge in [0.1, 0.15) is 0 Å². The van der Waals surface area contributed by atoms with E-state index in [0.29, 0.717) is 37.4 Å². The molecule has 0 unspecified atom stereocenters. The number of hydrogen-bond acceptors (Lipinski definition) is 6. The molecular weight excluding hydrogens is 490 g/mol. The summed E-state index contributed by atoms with van der Waals surface area (Å²) in [6.07, 6.45) is 3.70.